The van der Waals surface area contributed by atoms with Crippen LogP contribution in [-0.4, -0.2) is 56.1 Å². The molecule has 2 aromatic rings. The second-order valence-corrected chi connectivity index (χ2v) is 6.33. The molecule has 1 saturated heterocycles. The number of benzene rings is 1. The maximum atomic E-state index is 11.6. The van der Waals surface area contributed by atoms with Gasteiger partial charge in [-0.2, -0.15) is 0 Å². The normalized spacial score (nSPS) is 15.1. The number of aliphatic imine (C=N–C) groups is 1. The third kappa shape index (κ3) is 5.31. The molecule has 0 aliphatic carbocycles. The van der Waals surface area contributed by atoms with Crippen molar-refractivity contribution in [1.29, 1.82) is 0 Å². The predicted octanol–water partition coefficient (Wildman–Crippen LogP) is 2.23. The maximum absolute atomic E-state index is 11.6. The van der Waals surface area contributed by atoms with Crippen LogP contribution in [0.2, 0.25) is 0 Å². The Balaban J connectivity index is 0.00000300. The highest BCUT2D eigenvalue weighted by atomic mass is 127. The predicted molar refractivity (Wildman–Crippen MR) is 121 cm³/mol. The lowest BCUT2D eigenvalue weighted by atomic mass is 10.2. The Morgan fingerprint density at radius 1 is 1.41 bits per heavy atom. The second-order valence-electron chi connectivity index (χ2n) is 6.33. The number of furan rings is 1. The number of halogens is 1. The average molecular weight is 515 g/mol. The van der Waals surface area contributed by atoms with Gasteiger partial charge in [0, 0.05) is 25.5 Å². The number of carbonyl (C=O) groups is 2. The first-order valence-electron chi connectivity index (χ1n) is 9.24. The van der Waals surface area contributed by atoms with Gasteiger partial charge >= 0.3 is 6.03 Å². The van der Waals surface area contributed by atoms with E-state index in [1.807, 2.05) is 38.1 Å². The number of hydrogen-bond acceptors (Lipinski definition) is 5. The summed E-state index contributed by atoms with van der Waals surface area (Å²) in [5.74, 6) is 1.79. The summed E-state index contributed by atoms with van der Waals surface area (Å²) in [6.45, 7) is 5.17. The van der Waals surface area contributed by atoms with E-state index in [-0.39, 0.29) is 55.0 Å². The molecular weight excluding hydrogens is 489 g/mol. The summed E-state index contributed by atoms with van der Waals surface area (Å²) in [7, 11) is 1.65. The fraction of sp³-hybridized carbons (Fsp3) is 0.421. The standard InChI is InChI=1S/C19H25N5O4.HI/c1-4-27-14-7-5-6-13-10-15(28-17(13)14)12(2)23-18(20-3)21-8-9-24-16(25)11-22-19(24)26;/h5-7,10,12H,4,8-9,11H2,1-3H3,(H,22,26)(H2,20,21,23);1H. The monoisotopic (exact) mass is 515 g/mol. The number of guanidine groups is 1. The number of ether oxygens (including phenoxy) is 1. The van der Waals surface area contributed by atoms with Gasteiger partial charge in [0.25, 0.3) is 0 Å². The van der Waals surface area contributed by atoms with Gasteiger partial charge < -0.3 is 25.1 Å². The SMILES string of the molecule is CCOc1cccc2cc(C(C)NC(=NC)NCCN3C(=O)CNC3=O)oc12.I. The molecule has 9 nitrogen and oxygen atoms in total. The maximum Gasteiger partial charge on any atom is 0.324 e. The van der Waals surface area contributed by atoms with Gasteiger partial charge in [-0.15, -0.1) is 24.0 Å². The number of nitrogens with one attached hydrogen (secondary N) is 3. The van der Waals surface area contributed by atoms with Crippen molar-refractivity contribution >= 4 is 52.8 Å². The van der Waals surface area contributed by atoms with Crippen molar-refractivity contribution in [3.05, 3.63) is 30.0 Å². The Kier molecular flexibility index (Phi) is 8.11. The molecule has 158 valence electrons. The topological polar surface area (TPSA) is 108 Å². The molecule has 0 spiro atoms. The van der Waals surface area contributed by atoms with Crippen LogP contribution in [0.15, 0.2) is 33.7 Å². The molecule has 2 heterocycles. The molecule has 1 fully saturated rings. The van der Waals surface area contributed by atoms with Crippen LogP contribution in [0.3, 0.4) is 0 Å². The highest BCUT2D eigenvalue weighted by Gasteiger charge is 2.27. The molecule has 1 aliphatic rings. The number of hydrogen-bond donors (Lipinski definition) is 3. The minimum Gasteiger partial charge on any atom is -0.490 e. The van der Waals surface area contributed by atoms with Gasteiger partial charge in [-0.05, 0) is 26.0 Å². The summed E-state index contributed by atoms with van der Waals surface area (Å²) in [5.41, 5.74) is 0.717. The first-order valence-corrected chi connectivity index (χ1v) is 9.24. The van der Waals surface area contributed by atoms with Gasteiger partial charge in [-0.1, -0.05) is 12.1 Å². The van der Waals surface area contributed by atoms with E-state index < -0.39 is 0 Å². The van der Waals surface area contributed by atoms with E-state index in [2.05, 4.69) is 20.9 Å². The average Bonchev–Trinajstić information content (AvgIpc) is 3.26. The summed E-state index contributed by atoms with van der Waals surface area (Å²) in [6, 6.07) is 7.24. The lowest BCUT2D eigenvalue weighted by Crippen LogP contribution is -2.43. The second kappa shape index (κ2) is 10.3. The third-order valence-electron chi connectivity index (χ3n) is 4.40. The Morgan fingerprint density at radius 3 is 2.86 bits per heavy atom. The Labute approximate surface area is 186 Å². The van der Waals surface area contributed by atoms with Crippen molar-refractivity contribution in [3.8, 4) is 5.75 Å². The summed E-state index contributed by atoms with van der Waals surface area (Å²) >= 11 is 0. The summed E-state index contributed by atoms with van der Waals surface area (Å²) in [4.78, 5) is 28.5. The number of rotatable bonds is 7. The summed E-state index contributed by atoms with van der Waals surface area (Å²) in [5, 5.41) is 9.81. The molecule has 0 bridgehead atoms. The van der Waals surface area contributed by atoms with Crippen LogP contribution in [0.5, 0.6) is 5.75 Å². The van der Waals surface area contributed by atoms with Crippen LogP contribution in [0.1, 0.15) is 25.6 Å². The summed E-state index contributed by atoms with van der Waals surface area (Å²) in [6.07, 6.45) is 0. The van der Waals surface area contributed by atoms with Crippen LogP contribution in [0.25, 0.3) is 11.0 Å². The van der Waals surface area contributed by atoms with Gasteiger partial charge in [0.1, 0.15) is 5.76 Å². The zero-order valence-electron chi connectivity index (χ0n) is 16.7. The van der Waals surface area contributed by atoms with Crippen molar-refractivity contribution in [2.24, 2.45) is 4.99 Å². The zero-order valence-corrected chi connectivity index (χ0v) is 19.0. The fourth-order valence-corrected chi connectivity index (χ4v) is 2.98. The molecule has 29 heavy (non-hydrogen) atoms. The quantitative estimate of drug-likeness (QED) is 0.226. The van der Waals surface area contributed by atoms with Crippen LogP contribution in [0, 0.1) is 0 Å². The molecule has 0 radical (unpaired) electrons. The number of imide groups is 1. The van der Waals surface area contributed by atoms with Crippen molar-refractivity contribution in [2.75, 3.05) is 33.3 Å². The molecule has 3 N–H and O–H groups in total. The van der Waals surface area contributed by atoms with Crippen molar-refractivity contribution in [2.45, 2.75) is 19.9 Å². The van der Waals surface area contributed by atoms with E-state index in [9.17, 15) is 9.59 Å². The van der Waals surface area contributed by atoms with Gasteiger partial charge in [-0.25, -0.2) is 4.79 Å². The van der Waals surface area contributed by atoms with Gasteiger partial charge in [-0.3, -0.25) is 14.7 Å². The van der Waals surface area contributed by atoms with E-state index in [0.29, 0.717) is 19.1 Å². The lowest BCUT2D eigenvalue weighted by Gasteiger charge is -2.18. The molecule has 1 unspecified atom stereocenters. The number of carbonyl (C=O) groups excluding carboxylic acids is 2. The molecule has 1 aromatic carbocycles. The van der Waals surface area contributed by atoms with Crippen LogP contribution >= 0.6 is 24.0 Å². The molecule has 3 rings (SSSR count). The summed E-state index contributed by atoms with van der Waals surface area (Å²) < 4.78 is 11.6. The minimum absolute atomic E-state index is 0. The van der Waals surface area contributed by atoms with E-state index in [1.54, 1.807) is 7.05 Å². The van der Waals surface area contributed by atoms with E-state index in [1.165, 1.54) is 4.90 Å². The van der Waals surface area contributed by atoms with E-state index in [4.69, 9.17) is 9.15 Å². The van der Waals surface area contributed by atoms with Crippen LogP contribution in [0.4, 0.5) is 4.79 Å². The number of urea groups is 1. The van der Waals surface area contributed by atoms with Gasteiger partial charge in [0.2, 0.25) is 5.91 Å². The Hall–Kier alpha value is -2.50. The van der Waals surface area contributed by atoms with E-state index >= 15 is 0 Å². The molecule has 1 atom stereocenters. The highest BCUT2D eigenvalue weighted by molar-refractivity contribution is 14.0. The molecular formula is C19H26IN5O4. The van der Waals surface area contributed by atoms with Crippen molar-refractivity contribution in [1.82, 2.24) is 20.9 Å². The number of fused-ring (bicyclic) bond motifs is 1. The smallest absolute Gasteiger partial charge is 0.324 e. The molecule has 1 aliphatic heterocycles. The third-order valence-corrected chi connectivity index (χ3v) is 4.40. The van der Waals surface area contributed by atoms with Crippen molar-refractivity contribution < 1.29 is 18.7 Å². The fourth-order valence-electron chi connectivity index (χ4n) is 2.98. The number of amides is 3. The van der Waals surface area contributed by atoms with Crippen LogP contribution in [-0.2, 0) is 4.79 Å². The van der Waals surface area contributed by atoms with Gasteiger partial charge in [0.05, 0.1) is 19.2 Å². The van der Waals surface area contributed by atoms with E-state index in [0.717, 1.165) is 22.5 Å². The van der Waals surface area contributed by atoms with Crippen molar-refractivity contribution in [3.63, 3.8) is 0 Å². The lowest BCUT2D eigenvalue weighted by molar-refractivity contribution is -0.124. The Morgan fingerprint density at radius 2 is 2.21 bits per heavy atom. The number of para-hydroxylation sites is 1. The largest absolute Gasteiger partial charge is 0.490 e. The first-order chi connectivity index (χ1) is 13.5. The zero-order chi connectivity index (χ0) is 20.1. The molecule has 0 saturated carbocycles. The first kappa shape index (κ1) is 22.8. The molecule has 10 heteroatoms. The highest BCUT2D eigenvalue weighted by Crippen LogP contribution is 2.31. The Bertz CT molecular complexity index is 882. The van der Waals surface area contributed by atoms with Gasteiger partial charge in [0.15, 0.2) is 17.3 Å². The van der Waals surface area contributed by atoms with Crippen LogP contribution < -0.4 is 20.7 Å². The number of nitrogens with zero attached hydrogens (tertiary/aromatic N) is 2. The molecule has 3 amide bonds. The molecule has 1 aromatic heterocycles. The minimum atomic E-state index is -0.365.